The molecule has 0 radical (unpaired) electrons. The first-order chi connectivity index (χ1) is 14.6. The third kappa shape index (κ3) is 3.42. The van der Waals surface area contributed by atoms with Gasteiger partial charge in [-0.25, -0.2) is 4.79 Å². The van der Waals surface area contributed by atoms with Gasteiger partial charge >= 0.3 is 5.69 Å². The molecule has 1 unspecified atom stereocenters. The summed E-state index contributed by atoms with van der Waals surface area (Å²) in [5.74, 6) is -0.173. The molecule has 2 heterocycles. The maximum atomic E-state index is 13.0. The molecule has 0 saturated heterocycles. The molecule has 1 aliphatic rings. The van der Waals surface area contributed by atoms with Crippen molar-refractivity contribution in [3.05, 3.63) is 98.9 Å². The van der Waals surface area contributed by atoms with Gasteiger partial charge in [0.25, 0.3) is 0 Å². The van der Waals surface area contributed by atoms with E-state index in [0.29, 0.717) is 33.9 Å². The van der Waals surface area contributed by atoms with Crippen molar-refractivity contribution < 1.29 is 4.79 Å². The molecule has 0 aliphatic carbocycles. The van der Waals surface area contributed by atoms with Gasteiger partial charge in [0.15, 0.2) is 0 Å². The van der Waals surface area contributed by atoms with Crippen LogP contribution in [0.5, 0.6) is 0 Å². The average Bonchev–Trinajstić information content (AvgIpc) is 3.06. The number of aliphatic imine (C=N–C) groups is 1. The number of hydrogen-bond acceptors (Lipinski definition) is 3. The maximum Gasteiger partial charge on any atom is 0.323 e. The van der Waals surface area contributed by atoms with E-state index in [1.54, 1.807) is 18.2 Å². The fourth-order valence-electron chi connectivity index (χ4n) is 3.71. The normalized spacial score (nSPS) is 16.0. The Morgan fingerprint density at radius 3 is 2.53 bits per heavy atom. The van der Waals surface area contributed by atoms with E-state index in [2.05, 4.69) is 15.3 Å². The molecule has 7 heteroatoms. The average molecular weight is 417 g/mol. The molecular weight excluding hydrogens is 400 g/mol. The highest BCUT2D eigenvalue weighted by molar-refractivity contribution is 6.32. The minimum atomic E-state index is -0.602. The summed E-state index contributed by atoms with van der Waals surface area (Å²) in [5, 5.41) is 3.53. The van der Waals surface area contributed by atoms with Crippen LogP contribution in [0.3, 0.4) is 0 Å². The maximum absolute atomic E-state index is 13.0. The number of aromatic nitrogens is 2. The van der Waals surface area contributed by atoms with E-state index < -0.39 is 6.04 Å². The standard InChI is InChI=1S/C23H17ClN4O2/c24-15-7-9-17-16(12-15)21(14-6-8-18-19(11-14)28-23(30)27-18)25-20(22(29)26-17)10-13-4-2-1-3-5-13/h1-9,11-12,20H,10H2,(H,26,29)(H2,27,28,30). The number of amides is 1. The largest absolute Gasteiger partial charge is 0.324 e. The Balaban J connectivity index is 1.67. The van der Waals surface area contributed by atoms with Crippen LogP contribution in [0.1, 0.15) is 16.7 Å². The van der Waals surface area contributed by atoms with Gasteiger partial charge < -0.3 is 15.3 Å². The van der Waals surface area contributed by atoms with E-state index >= 15 is 0 Å². The van der Waals surface area contributed by atoms with Gasteiger partial charge in [-0.15, -0.1) is 0 Å². The van der Waals surface area contributed by atoms with Crippen molar-refractivity contribution >= 4 is 39.9 Å². The minimum Gasteiger partial charge on any atom is -0.324 e. The van der Waals surface area contributed by atoms with E-state index in [4.69, 9.17) is 16.6 Å². The van der Waals surface area contributed by atoms with E-state index in [1.807, 2.05) is 48.5 Å². The van der Waals surface area contributed by atoms with Gasteiger partial charge in [0.1, 0.15) is 6.04 Å². The SMILES string of the molecule is O=C1Nc2ccc(Cl)cc2C(c2ccc3[nH]c(=O)[nH]c3c2)=NC1Cc1ccccc1. The first-order valence-electron chi connectivity index (χ1n) is 9.52. The van der Waals surface area contributed by atoms with Crippen molar-refractivity contribution in [2.75, 3.05) is 5.32 Å². The van der Waals surface area contributed by atoms with E-state index in [-0.39, 0.29) is 11.6 Å². The zero-order valence-corrected chi connectivity index (χ0v) is 16.5. The lowest BCUT2D eigenvalue weighted by atomic mass is 10.00. The molecular formula is C23H17ClN4O2. The molecule has 5 rings (SSSR count). The quantitative estimate of drug-likeness (QED) is 0.472. The van der Waals surface area contributed by atoms with Gasteiger partial charge in [0.05, 0.1) is 22.4 Å². The molecule has 1 atom stereocenters. The molecule has 1 aromatic heterocycles. The summed E-state index contributed by atoms with van der Waals surface area (Å²) < 4.78 is 0. The number of halogens is 1. The highest BCUT2D eigenvalue weighted by Crippen LogP contribution is 2.28. The summed E-state index contributed by atoms with van der Waals surface area (Å²) in [5.41, 5.74) is 4.96. The topological polar surface area (TPSA) is 90.1 Å². The lowest BCUT2D eigenvalue weighted by molar-refractivity contribution is -0.117. The van der Waals surface area contributed by atoms with E-state index in [0.717, 1.165) is 16.7 Å². The monoisotopic (exact) mass is 416 g/mol. The Hall–Kier alpha value is -3.64. The molecule has 3 aromatic carbocycles. The van der Waals surface area contributed by atoms with Crippen molar-refractivity contribution in [1.29, 1.82) is 0 Å². The van der Waals surface area contributed by atoms with Crippen molar-refractivity contribution in [1.82, 2.24) is 9.97 Å². The van der Waals surface area contributed by atoms with Crippen LogP contribution in [0.15, 0.2) is 76.5 Å². The van der Waals surface area contributed by atoms with E-state index in [1.165, 1.54) is 0 Å². The number of nitrogens with one attached hydrogen (secondary N) is 3. The molecule has 4 aromatic rings. The van der Waals surface area contributed by atoms with Crippen LogP contribution in [-0.4, -0.2) is 27.6 Å². The van der Waals surface area contributed by atoms with E-state index in [9.17, 15) is 9.59 Å². The number of aromatic amines is 2. The Bertz CT molecular complexity index is 1350. The number of carbonyl (C=O) groups is 1. The third-order valence-corrected chi connectivity index (χ3v) is 5.38. The van der Waals surface area contributed by atoms with Crippen molar-refractivity contribution in [3.8, 4) is 0 Å². The molecule has 0 saturated carbocycles. The van der Waals surface area contributed by atoms with Crippen LogP contribution < -0.4 is 11.0 Å². The zero-order valence-electron chi connectivity index (χ0n) is 15.8. The highest BCUT2D eigenvalue weighted by atomic mass is 35.5. The molecule has 1 amide bonds. The van der Waals surface area contributed by atoms with Gasteiger partial charge in [-0.2, -0.15) is 0 Å². The summed E-state index contributed by atoms with van der Waals surface area (Å²) in [7, 11) is 0. The second-order valence-electron chi connectivity index (χ2n) is 7.20. The smallest absolute Gasteiger partial charge is 0.323 e. The third-order valence-electron chi connectivity index (χ3n) is 5.14. The second-order valence-corrected chi connectivity index (χ2v) is 7.64. The van der Waals surface area contributed by atoms with Gasteiger partial charge in [-0.3, -0.25) is 9.79 Å². The molecule has 3 N–H and O–H groups in total. The lowest BCUT2D eigenvalue weighted by Crippen LogP contribution is -2.27. The predicted octanol–water partition coefficient (Wildman–Crippen LogP) is 3.91. The second kappa shape index (κ2) is 7.31. The summed E-state index contributed by atoms with van der Waals surface area (Å²) in [6.07, 6.45) is 0.473. The number of nitrogens with zero attached hydrogens (tertiary/aromatic N) is 1. The Labute approximate surface area is 176 Å². The number of imidazole rings is 1. The van der Waals surface area contributed by atoms with Gasteiger partial charge in [0, 0.05) is 22.6 Å². The highest BCUT2D eigenvalue weighted by Gasteiger charge is 2.26. The van der Waals surface area contributed by atoms with Crippen molar-refractivity contribution in [2.45, 2.75) is 12.5 Å². The predicted molar refractivity (Wildman–Crippen MR) is 119 cm³/mol. The molecule has 30 heavy (non-hydrogen) atoms. The lowest BCUT2D eigenvalue weighted by Gasteiger charge is -2.11. The number of benzodiazepines with no additional fused rings is 1. The summed E-state index contributed by atoms with van der Waals surface area (Å²) in [6.45, 7) is 0. The Morgan fingerprint density at radius 2 is 1.70 bits per heavy atom. The number of carbonyl (C=O) groups excluding carboxylic acids is 1. The summed E-state index contributed by atoms with van der Waals surface area (Å²) in [4.78, 5) is 35.0. The molecule has 0 spiro atoms. The van der Waals surface area contributed by atoms with Crippen LogP contribution in [-0.2, 0) is 11.2 Å². The summed E-state index contributed by atoms with van der Waals surface area (Å²) >= 11 is 6.26. The first-order valence-corrected chi connectivity index (χ1v) is 9.89. The first kappa shape index (κ1) is 18.4. The van der Waals surface area contributed by atoms with Crippen molar-refractivity contribution in [2.24, 2.45) is 4.99 Å². The number of hydrogen-bond donors (Lipinski definition) is 3. The molecule has 0 fully saturated rings. The fraction of sp³-hybridized carbons (Fsp3) is 0.0870. The van der Waals surface area contributed by atoms with Gasteiger partial charge in [-0.05, 0) is 35.9 Å². The van der Waals surface area contributed by atoms with Crippen LogP contribution in [0, 0.1) is 0 Å². The number of fused-ring (bicyclic) bond motifs is 2. The molecule has 148 valence electrons. The van der Waals surface area contributed by atoms with Crippen molar-refractivity contribution in [3.63, 3.8) is 0 Å². The van der Waals surface area contributed by atoms with Crippen LogP contribution in [0.2, 0.25) is 5.02 Å². The molecule has 0 bridgehead atoms. The number of H-pyrrole nitrogens is 2. The Kier molecular flexibility index (Phi) is 4.48. The summed E-state index contributed by atoms with van der Waals surface area (Å²) in [6, 6.07) is 20.1. The fourth-order valence-corrected chi connectivity index (χ4v) is 3.88. The number of benzene rings is 3. The van der Waals surface area contributed by atoms with Crippen LogP contribution in [0.25, 0.3) is 11.0 Å². The molecule has 1 aliphatic heterocycles. The number of rotatable bonds is 3. The van der Waals surface area contributed by atoms with Crippen LogP contribution in [0.4, 0.5) is 5.69 Å². The Morgan fingerprint density at radius 1 is 0.900 bits per heavy atom. The van der Waals surface area contributed by atoms with Gasteiger partial charge in [0.2, 0.25) is 5.91 Å². The zero-order chi connectivity index (χ0) is 20.7. The molecule has 6 nitrogen and oxygen atoms in total. The van der Waals surface area contributed by atoms with Crippen LogP contribution >= 0.6 is 11.6 Å². The van der Waals surface area contributed by atoms with Gasteiger partial charge in [-0.1, -0.05) is 48.0 Å². The number of anilines is 1. The minimum absolute atomic E-state index is 0.173.